The summed E-state index contributed by atoms with van der Waals surface area (Å²) in [5.74, 6) is 0.633. The van der Waals surface area contributed by atoms with Crippen LogP contribution in [0.3, 0.4) is 0 Å². The van der Waals surface area contributed by atoms with Gasteiger partial charge in [-0.05, 0) is 49.5 Å². The summed E-state index contributed by atoms with van der Waals surface area (Å²) >= 11 is 0. The number of hydrogen-bond acceptors (Lipinski definition) is 2. The summed E-state index contributed by atoms with van der Waals surface area (Å²) in [6.45, 7) is 8.51. The predicted molar refractivity (Wildman–Crippen MR) is 87.8 cm³/mol. The first-order valence-corrected chi connectivity index (χ1v) is 8.15. The fraction of sp³-hybridized carbons (Fsp3) is 0.611. The lowest BCUT2D eigenvalue weighted by Gasteiger charge is -2.28. The minimum atomic E-state index is 0.127. The molecule has 0 aromatic heterocycles. The smallest absolute Gasteiger partial charge is 0.253 e. The second kappa shape index (κ2) is 7.60. The lowest BCUT2D eigenvalue weighted by molar-refractivity contribution is 0.0773. The first kappa shape index (κ1) is 16.0. The van der Waals surface area contributed by atoms with Crippen molar-refractivity contribution in [2.45, 2.75) is 39.0 Å². The normalized spacial score (nSPS) is 16.2. The topological polar surface area (TPSA) is 23.6 Å². The van der Waals surface area contributed by atoms with Crippen molar-refractivity contribution in [3.05, 3.63) is 35.4 Å². The molecule has 21 heavy (non-hydrogen) atoms. The van der Waals surface area contributed by atoms with Crippen molar-refractivity contribution in [2.75, 3.05) is 33.2 Å². The van der Waals surface area contributed by atoms with Crippen LogP contribution in [0, 0.1) is 0 Å². The molecule has 1 aliphatic rings. The van der Waals surface area contributed by atoms with Crippen LogP contribution in [0.15, 0.2) is 24.3 Å². The quantitative estimate of drug-likeness (QED) is 0.829. The first-order valence-electron chi connectivity index (χ1n) is 8.15. The molecule has 1 saturated heterocycles. The van der Waals surface area contributed by atoms with Gasteiger partial charge in [0, 0.05) is 25.7 Å². The lowest BCUT2D eigenvalue weighted by atomic mass is 10.0. The van der Waals surface area contributed by atoms with Gasteiger partial charge in [-0.25, -0.2) is 0 Å². The van der Waals surface area contributed by atoms with Crippen LogP contribution in [0.1, 0.15) is 54.9 Å². The molecule has 0 spiro atoms. The number of piperidine rings is 1. The van der Waals surface area contributed by atoms with E-state index in [2.05, 4.69) is 30.9 Å². The van der Waals surface area contributed by atoms with E-state index in [0.29, 0.717) is 5.92 Å². The molecule has 116 valence electrons. The molecular weight excluding hydrogens is 260 g/mol. The average molecular weight is 288 g/mol. The molecule has 1 aliphatic heterocycles. The van der Waals surface area contributed by atoms with Crippen LogP contribution in [0.4, 0.5) is 0 Å². The molecule has 0 saturated carbocycles. The van der Waals surface area contributed by atoms with Crippen molar-refractivity contribution in [3.8, 4) is 0 Å². The number of benzene rings is 1. The predicted octanol–water partition coefficient (Wildman–Crippen LogP) is 3.37. The number of likely N-dealkylation sites (tertiary alicyclic amines) is 1. The Hall–Kier alpha value is -1.35. The average Bonchev–Trinajstić information content (AvgIpc) is 2.53. The van der Waals surface area contributed by atoms with Gasteiger partial charge in [0.1, 0.15) is 0 Å². The van der Waals surface area contributed by atoms with Crippen molar-refractivity contribution in [1.29, 1.82) is 0 Å². The van der Waals surface area contributed by atoms with Crippen LogP contribution < -0.4 is 0 Å². The summed E-state index contributed by atoms with van der Waals surface area (Å²) in [6.07, 6.45) is 3.95. The van der Waals surface area contributed by atoms with E-state index in [0.717, 1.165) is 18.7 Å². The van der Waals surface area contributed by atoms with Gasteiger partial charge in [-0.2, -0.15) is 0 Å². The number of likely N-dealkylation sites (N-methyl/N-ethyl adjacent to an activating group) is 1. The molecule has 0 atom stereocenters. The van der Waals surface area contributed by atoms with Gasteiger partial charge in [-0.3, -0.25) is 4.79 Å². The Bertz CT molecular complexity index is 447. The van der Waals surface area contributed by atoms with Gasteiger partial charge in [0.15, 0.2) is 0 Å². The van der Waals surface area contributed by atoms with Crippen molar-refractivity contribution in [3.63, 3.8) is 0 Å². The van der Waals surface area contributed by atoms with Crippen molar-refractivity contribution in [2.24, 2.45) is 0 Å². The number of carbonyl (C=O) groups excluding carboxylic acids is 1. The third-order valence-electron chi connectivity index (χ3n) is 4.37. The number of nitrogens with zero attached hydrogens (tertiary/aromatic N) is 2. The molecule has 2 rings (SSSR count). The van der Waals surface area contributed by atoms with Crippen LogP contribution in [0.2, 0.25) is 0 Å². The van der Waals surface area contributed by atoms with E-state index in [1.165, 1.54) is 37.9 Å². The number of amides is 1. The number of rotatable bonds is 5. The van der Waals surface area contributed by atoms with Gasteiger partial charge >= 0.3 is 0 Å². The van der Waals surface area contributed by atoms with Crippen molar-refractivity contribution >= 4 is 5.91 Å². The molecule has 0 aliphatic carbocycles. The highest BCUT2D eigenvalue weighted by atomic mass is 16.2. The summed E-state index contributed by atoms with van der Waals surface area (Å²) in [6, 6.07) is 8.04. The largest absolute Gasteiger partial charge is 0.340 e. The Kier molecular flexibility index (Phi) is 5.80. The highest BCUT2D eigenvalue weighted by Gasteiger charge is 2.15. The van der Waals surface area contributed by atoms with Crippen LogP contribution in [0.25, 0.3) is 0 Å². The zero-order valence-corrected chi connectivity index (χ0v) is 13.6. The van der Waals surface area contributed by atoms with E-state index in [4.69, 9.17) is 0 Å². The molecule has 1 heterocycles. The maximum atomic E-state index is 12.4. The number of hydrogen-bond donors (Lipinski definition) is 0. The van der Waals surface area contributed by atoms with Crippen LogP contribution in [0.5, 0.6) is 0 Å². The fourth-order valence-corrected chi connectivity index (χ4v) is 2.81. The van der Waals surface area contributed by atoms with Crippen LogP contribution >= 0.6 is 0 Å². The molecule has 1 fully saturated rings. The van der Waals surface area contributed by atoms with E-state index >= 15 is 0 Å². The first-order chi connectivity index (χ1) is 10.1. The summed E-state index contributed by atoms with van der Waals surface area (Å²) < 4.78 is 0. The molecule has 3 heteroatoms. The zero-order valence-electron chi connectivity index (χ0n) is 13.6. The SMILES string of the molecule is CC(C)c1ccc(C(=O)N(C)CCN2CCCCC2)cc1. The molecule has 1 aromatic carbocycles. The van der Waals surface area contributed by atoms with Gasteiger partial charge in [0.05, 0.1) is 0 Å². The molecule has 0 N–H and O–H groups in total. The van der Waals surface area contributed by atoms with Crippen molar-refractivity contribution in [1.82, 2.24) is 9.80 Å². The highest BCUT2D eigenvalue weighted by molar-refractivity contribution is 5.94. The monoisotopic (exact) mass is 288 g/mol. The van der Waals surface area contributed by atoms with Gasteiger partial charge in [0.2, 0.25) is 0 Å². The van der Waals surface area contributed by atoms with Crippen LogP contribution in [-0.2, 0) is 0 Å². The molecule has 0 radical (unpaired) electrons. The maximum Gasteiger partial charge on any atom is 0.253 e. The summed E-state index contributed by atoms with van der Waals surface area (Å²) in [5.41, 5.74) is 2.07. The Balaban J connectivity index is 1.86. The van der Waals surface area contributed by atoms with E-state index in [1.807, 2.05) is 24.1 Å². The second-order valence-corrected chi connectivity index (χ2v) is 6.41. The Morgan fingerprint density at radius 3 is 2.33 bits per heavy atom. The Morgan fingerprint density at radius 2 is 1.76 bits per heavy atom. The standard InChI is InChI=1S/C18H28N2O/c1-15(2)16-7-9-17(10-8-16)18(21)19(3)13-14-20-11-5-4-6-12-20/h7-10,15H,4-6,11-14H2,1-3H3. The molecule has 1 aromatic rings. The Morgan fingerprint density at radius 1 is 1.14 bits per heavy atom. The van der Waals surface area contributed by atoms with E-state index in [-0.39, 0.29) is 5.91 Å². The van der Waals surface area contributed by atoms with Crippen LogP contribution in [-0.4, -0.2) is 48.9 Å². The van der Waals surface area contributed by atoms with E-state index < -0.39 is 0 Å². The molecule has 0 bridgehead atoms. The molecular formula is C18H28N2O. The molecule has 0 unspecified atom stereocenters. The molecule has 1 amide bonds. The summed E-state index contributed by atoms with van der Waals surface area (Å²) in [5, 5.41) is 0. The minimum absolute atomic E-state index is 0.127. The zero-order chi connectivity index (χ0) is 15.2. The van der Waals surface area contributed by atoms with Gasteiger partial charge < -0.3 is 9.80 Å². The second-order valence-electron chi connectivity index (χ2n) is 6.41. The summed E-state index contributed by atoms with van der Waals surface area (Å²) in [7, 11) is 1.91. The number of carbonyl (C=O) groups is 1. The van der Waals surface area contributed by atoms with E-state index in [9.17, 15) is 4.79 Å². The van der Waals surface area contributed by atoms with Crippen molar-refractivity contribution < 1.29 is 4.79 Å². The lowest BCUT2D eigenvalue weighted by Crippen LogP contribution is -2.38. The molecule has 3 nitrogen and oxygen atoms in total. The van der Waals surface area contributed by atoms with Gasteiger partial charge in [0.25, 0.3) is 5.91 Å². The fourth-order valence-electron chi connectivity index (χ4n) is 2.81. The third kappa shape index (κ3) is 4.57. The third-order valence-corrected chi connectivity index (χ3v) is 4.37. The minimum Gasteiger partial charge on any atom is -0.340 e. The summed E-state index contributed by atoms with van der Waals surface area (Å²) in [4.78, 5) is 16.7. The Labute approximate surface area is 128 Å². The van der Waals surface area contributed by atoms with E-state index in [1.54, 1.807) is 0 Å². The van der Waals surface area contributed by atoms with Gasteiger partial charge in [-0.15, -0.1) is 0 Å². The maximum absolute atomic E-state index is 12.4. The highest BCUT2D eigenvalue weighted by Crippen LogP contribution is 2.15. The van der Waals surface area contributed by atoms with Gasteiger partial charge in [-0.1, -0.05) is 32.4 Å².